The van der Waals surface area contributed by atoms with Crippen molar-refractivity contribution in [3.05, 3.63) is 0 Å². The second-order valence-corrected chi connectivity index (χ2v) is 4.56. The summed E-state index contributed by atoms with van der Waals surface area (Å²) in [6, 6.07) is 0. The summed E-state index contributed by atoms with van der Waals surface area (Å²) in [6.07, 6.45) is 1.70. The lowest BCUT2D eigenvalue weighted by Gasteiger charge is -2.28. The molecule has 0 fully saturated rings. The maximum atomic E-state index is 9.39. The van der Waals surface area contributed by atoms with Crippen LogP contribution in [0.4, 0.5) is 0 Å². The molecule has 0 aliphatic heterocycles. The summed E-state index contributed by atoms with van der Waals surface area (Å²) in [6.45, 7) is 10.9. The van der Waals surface area contributed by atoms with E-state index in [0.29, 0.717) is 11.3 Å². The molecule has 0 bridgehead atoms. The lowest BCUT2D eigenvalue weighted by molar-refractivity contribution is 0.107. The molecule has 1 heteroatoms. The molecule has 2 unspecified atom stereocenters. The Morgan fingerprint density at radius 3 is 2.00 bits per heavy atom. The monoisotopic (exact) mass is 158 g/mol. The minimum Gasteiger partial charge on any atom is -0.393 e. The summed E-state index contributed by atoms with van der Waals surface area (Å²) in [5.74, 6) is 0.595. The average Bonchev–Trinajstić information content (AvgIpc) is 1.85. The standard InChI is InChI=1S/C10H22O/c1-6-9(11)7-8(2)10(3,4)5/h8-9,11H,6-7H2,1-5H3. The van der Waals surface area contributed by atoms with Gasteiger partial charge in [-0.1, -0.05) is 34.6 Å². The summed E-state index contributed by atoms with van der Waals surface area (Å²) in [5.41, 5.74) is 0.330. The maximum absolute atomic E-state index is 9.39. The van der Waals surface area contributed by atoms with Crippen molar-refractivity contribution in [2.75, 3.05) is 0 Å². The Labute approximate surface area is 70.8 Å². The molecule has 0 rings (SSSR count). The summed E-state index contributed by atoms with van der Waals surface area (Å²) >= 11 is 0. The molecular weight excluding hydrogens is 136 g/mol. The molecule has 0 aromatic heterocycles. The van der Waals surface area contributed by atoms with Gasteiger partial charge in [-0.25, -0.2) is 0 Å². The van der Waals surface area contributed by atoms with E-state index in [1.165, 1.54) is 0 Å². The van der Waals surface area contributed by atoms with Crippen molar-refractivity contribution in [1.29, 1.82) is 0 Å². The van der Waals surface area contributed by atoms with Gasteiger partial charge in [0.1, 0.15) is 0 Å². The van der Waals surface area contributed by atoms with Crippen LogP contribution in [0.5, 0.6) is 0 Å². The predicted octanol–water partition coefficient (Wildman–Crippen LogP) is 2.83. The summed E-state index contributed by atoms with van der Waals surface area (Å²) in [4.78, 5) is 0. The van der Waals surface area contributed by atoms with Crippen LogP contribution in [0, 0.1) is 11.3 Å². The Bertz CT molecular complexity index is 102. The van der Waals surface area contributed by atoms with Gasteiger partial charge in [0, 0.05) is 0 Å². The molecule has 0 radical (unpaired) electrons. The molecule has 11 heavy (non-hydrogen) atoms. The summed E-state index contributed by atoms with van der Waals surface area (Å²) in [7, 11) is 0. The van der Waals surface area contributed by atoms with Crippen LogP contribution in [0.2, 0.25) is 0 Å². The average molecular weight is 158 g/mol. The Kier molecular flexibility index (Phi) is 4.09. The molecule has 0 heterocycles. The molecule has 0 aromatic carbocycles. The quantitative estimate of drug-likeness (QED) is 0.669. The van der Waals surface area contributed by atoms with E-state index in [1.807, 2.05) is 6.92 Å². The Morgan fingerprint density at radius 2 is 1.73 bits per heavy atom. The Hall–Kier alpha value is -0.0400. The molecule has 2 atom stereocenters. The highest BCUT2D eigenvalue weighted by atomic mass is 16.3. The zero-order valence-electron chi connectivity index (χ0n) is 8.52. The Balaban J connectivity index is 3.77. The number of aliphatic hydroxyl groups is 1. The van der Waals surface area contributed by atoms with Crippen molar-refractivity contribution in [1.82, 2.24) is 0 Å². The third-order valence-electron chi connectivity index (χ3n) is 2.58. The van der Waals surface area contributed by atoms with Crippen molar-refractivity contribution in [2.24, 2.45) is 11.3 Å². The normalized spacial score (nSPS) is 18.0. The first-order chi connectivity index (χ1) is 4.88. The fraction of sp³-hybridized carbons (Fsp3) is 1.00. The second kappa shape index (κ2) is 4.10. The van der Waals surface area contributed by atoms with Crippen LogP contribution in [0.15, 0.2) is 0 Å². The van der Waals surface area contributed by atoms with Crippen molar-refractivity contribution in [2.45, 2.75) is 53.6 Å². The zero-order valence-corrected chi connectivity index (χ0v) is 8.52. The third kappa shape index (κ3) is 4.41. The minimum absolute atomic E-state index is 0.107. The minimum atomic E-state index is -0.107. The third-order valence-corrected chi connectivity index (χ3v) is 2.58. The second-order valence-electron chi connectivity index (χ2n) is 4.56. The van der Waals surface area contributed by atoms with Crippen molar-refractivity contribution < 1.29 is 5.11 Å². The van der Waals surface area contributed by atoms with Gasteiger partial charge in [-0.05, 0) is 24.2 Å². The maximum Gasteiger partial charge on any atom is 0.0540 e. The van der Waals surface area contributed by atoms with Crippen LogP contribution < -0.4 is 0 Å². The molecule has 0 aliphatic carbocycles. The molecule has 0 aromatic rings. The van der Waals surface area contributed by atoms with Crippen LogP contribution >= 0.6 is 0 Å². The molecular formula is C10H22O. The van der Waals surface area contributed by atoms with Crippen molar-refractivity contribution in [3.8, 4) is 0 Å². The first kappa shape index (κ1) is 11.0. The van der Waals surface area contributed by atoms with Gasteiger partial charge in [-0.2, -0.15) is 0 Å². The first-order valence-electron chi connectivity index (χ1n) is 4.56. The molecule has 0 saturated carbocycles. The van der Waals surface area contributed by atoms with Crippen molar-refractivity contribution >= 4 is 0 Å². The highest BCUT2D eigenvalue weighted by molar-refractivity contribution is 4.72. The molecule has 1 nitrogen and oxygen atoms in total. The molecule has 1 N–H and O–H groups in total. The topological polar surface area (TPSA) is 20.2 Å². The van der Waals surface area contributed by atoms with Gasteiger partial charge in [0.05, 0.1) is 6.10 Å². The van der Waals surface area contributed by atoms with Crippen LogP contribution in [-0.2, 0) is 0 Å². The molecule has 0 saturated heterocycles. The first-order valence-corrected chi connectivity index (χ1v) is 4.56. The van der Waals surface area contributed by atoms with Crippen LogP contribution in [0.1, 0.15) is 47.5 Å². The fourth-order valence-corrected chi connectivity index (χ4v) is 0.928. The van der Waals surface area contributed by atoms with Gasteiger partial charge >= 0.3 is 0 Å². The molecule has 68 valence electrons. The van der Waals surface area contributed by atoms with Crippen molar-refractivity contribution in [3.63, 3.8) is 0 Å². The van der Waals surface area contributed by atoms with Gasteiger partial charge in [-0.3, -0.25) is 0 Å². The van der Waals surface area contributed by atoms with E-state index in [1.54, 1.807) is 0 Å². The van der Waals surface area contributed by atoms with E-state index >= 15 is 0 Å². The van der Waals surface area contributed by atoms with Gasteiger partial charge in [-0.15, -0.1) is 0 Å². The highest BCUT2D eigenvalue weighted by Gasteiger charge is 2.21. The number of hydrogen-bond acceptors (Lipinski definition) is 1. The number of rotatable bonds is 3. The molecule has 0 amide bonds. The van der Waals surface area contributed by atoms with E-state index in [0.717, 1.165) is 12.8 Å². The van der Waals surface area contributed by atoms with Crippen LogP contribution in [-0.4, -0.2) is 11.2 Å². The van der Waals surface area contributed by atoms with Crippen LogP contribution in [0.25, 0.3) is 0 Å². The summed E-state index contributed by atoms with van der Waals surface area (Å²) < 4.78 is 0. The van der Waals surface area contributed by atoms with Gasteiger partial charge in [0.15, 0.2) is 0 Å². The highest BCUT2D eigenvalue weighted by Crippen LogP contribution is 2.29. The number of hydrogen-bond donors (Lipinski definition) is 1. The van der Waals surface area contributed by atoms with Crippen LogP contribution in [0.3, 0.4) is 0 Å². The van der Waals surface area contributed by atoms with E-state index in [2.05, 4.69) is 27.7 Å². The zero-order chi connectivity index (χ0) is 9.07. The van der Waals surface area contributed by atoms with E-state index in [-0.39, 0.29) is 6.10 Å². The molecule has 0 spiro atoms. The predicted molar refractivity (Wildman–Crippen MR) is 49.5 cm³/mol. The smallest absolute Gasteiger partial charge is 0.0540 e. The Morgan fingerprint density at radius 1 is 1.27 bits per heavy atom. The number of aliphatic hydroxyl groups excluding tert-OH is 1. The lowest BCUT2D eigenvalue weighted by Crippen LogP contribution is -2.22. The largest absolute Gasteiger partial charge is 0.393 e. The van der Waals surface area contributed by atoms with Gasteiger partial charge < -0.3 is 5.11 Å². The van der Waals surface area contributed by atoms with E-state index < -0.39 is 0 Å². The van der Waals surface area contributed by atoms with Gasteiger partial charge in [0.25, 0.3) is 0 Å². The van der Waals surface area contributed by atoms with Gasteiger partial charge in [0.2, 0.25) is 0 Å². The molecule has 0 aliphatic rings. The summed E-state index contributed by atoms with van der Waals surface area (Å²) in [5, 5.41) is 9.39. The SMILES string of the molecule is CCC(O)CC(C)C(C)(C)C. The van der Waals surface area contributed by atoms with E-state index in [9.17, 15) is 5.11 Å². The fourth-order valence-electron chi connectivity index (χ4n) is 0.928. The van der Waals surface area contributed by atoms with E-state index in [4.69, 9.17) is 0 Å². The lowest BCUT2D eigenvalue weighted by atomic mass is 9.79.